The Hall–Kier alpha value is -8.70. The van der Waals surface area contributed by atoms with Crippen LogP contribution in [0.1, 0.15) is 194 Å². The highest BCUT2D eigenvalue weighted by Gasteiger charge is 2.69. The summed E-state index contributed by atoms with van der Waals surface area (Å²) in [6, 6.07) is 2.35. The summed E-state index contributed by atoms with van der Waals surface area (Å²) in [7, 11) is -5.70. The molecule has 12 fully saturated rings. The molecule has 4 aliphatic heterocycles. The monoisotopic (exact) mass is 1710 g/mol. The van der Waals surface area contributed by atoms with E-state index < -0.39 is 198 Å². The predicted molar refractivity (Wildman–Crippen MR) is 425 cm³/mol. The summed E-state index contributed by atoms with van der Waals surface area (Å²) in [5.41, 5.74) is -4.52. The number of alkyl halides is 4. The fourth-order valence-electron chi connectivity index (χ4n) is 20.8. The molecule has 8 bridgehead atoms. The SMILES string of the molecule is COc1ccc2nc3c(nc2c1)O[C@H]1CN(C(=O)[C@H](C(C)(C)Cc2cc4nc5c(nc4cc2OC)O[C@H]2CN(C(=O)[C@H](C(C)(C)C)NC(=O)O[C@H]4CC6CC(C6)[C@@H]4CCCCC5)[C@H](C(=O)N[C@]4(C(=O)NS(=O)(=O)C5CC5)C[C@H]4C(F)F)[C@@H]2C)NC(=O)O[C@@H]2CC4CC(C4)[C@H]2CCCCC3)[C@H](C(=O)N[C@]2(C(=O)NS(=O)(=O)C3CC3)C[C@H]2C(F)F)[C@@H]1C. The summed E-state index contributed by atoms with van der Waals surface area (Å²) in [6.45, 7) is 11.1. The number of aryl methyl sites for hydroxylation is 2. The number of carbonyl (C=O) groups is 8. The number of alkyl carbamates (subject to hydrolysis) is 2. The summed E-state index contributed by atoms with van der Waals surface area (Å²) in [4.78, 5) is 144. The van der Waals surface area contributed by atoms with Crippen LogP contribution in [0.4, 0.5) is 27.2 Å². The number of halogens is 4. The largest absolute Gasteiger partial charge is 0.497 e. The highest BCUT2D eigenvalue weighted by Crippen LogP contribution is 2.55. The molecule has 6 N–H and O–H groups in total. The van der Waals surface area contributed by atoms with Gasteiger partial charge in [0.05, 0.1) is 71.7 Å². The maximum atomic E-state index is 16.6. The molecule has 10 saturated carbocycles. The van der Waals surface area contributed by atoms with Gasteiger partial charge in [-0.2, -0.15) is 0 Å². The third-order valence-electron chi connectivity index (χ3n) is 28.3. The van der Waals surface area contributed by atoms with Crippen molar-refractivity contribution < 1.29 is 101 Å². The molecule has 2 aromatic heterocycles. The van der Waals surface area contributed by atoms with Gasteiger partial charge in [0.2, 0.25) is 68.3 Å². The topological polar surface area (TPSA) is 390 Å². The van der Waals surface area contributed by atoms with E-state index in [-0.39, 0.29) is 86.5 Å². The lowest BCUT2D eigenvalue weighted by molar-refractivity contribution is -0.144. The van der Waals surface area contributed by atoms with Crippen molar-refractivity contribution >= 4 is 89.7 Å². The van der Waals surface area contributed by atoms with Crippen LogP contribution in [0, 0.1) is 70.0 Å². The van der Waals surface area contributed by atoms with Crippen molar-refractivity contribution in [3.63, 3.8) is 0 Å². The number of hydrogen-bond donors (Lipinski definition) is 6. The third-order valence-corrected chi connectivity index (χ3v) is 32.0. The molecule has 654 valence electrons. The second-order valence-electron chi connectivity index (χ2n) is 38.2. The Kier molecular flexibility index (Phi) is 22.8. The van der Waals surface area contributed by atoms with E-state index in [9.17, 15) is 40.0 Å². The number of methoxy groups -OCH3 is 2. The number of aromatic nitrogens is 4. The summed E-state index contributed by atoms with van der Waals surface area (Å²) in [5, 5.41) is 9.04. The highest BCUT2D eigenvalue weighted by molar-refractivity contribution is 7.91. The number of nitrogens with zero attached hydrogens (tertiary/aromatic N) is 6. The standard InChI is InChI=1S/C84H110F4N12O18S2/c1-40-63-38-99(65(40)71(101)95-83(36-52(83)69(85)86)77(105)97-119(109,110)48-21-22-48)75(103)67(81(3,4)5)93-79(107)117-61-30-42-26-44(27-42)50(61)16-13-11-15-19-56-74(116-63)92-59-34-60(114-9)46(32-57(59)90-56)35-82(6,7)68-76(104)100-39-64(41(2)66(100)72(102)96-84(37-53(84)70(87)88)78(106)98-120(111,112)49-23-24-49)115-73-55(89-54-25-20-47(113-8)33-58(54)91-73)18-14-10-12-17-51-45-28-43(29-45)31-62(51)118-80(108)94-68/h20,25,32-34,40-45,48-53,61-70H,10-19,21-24,26-31,35-39H2,1-9H3,(H,93,107)(H,94,108)(H,95,101)(H,96,102)(H,97,105)(H,98,106)/t40-,41-,42?,43?,44?,45?,50+,51-,52+,53+,61+,62-,63+,64+,65+,66+,67-,68-,83-,84-/m1/s1. The number of amides is 8. The van der Waals surface area contributed by atoms with Gasteiger partial charge in [0.15, 0.2) is 0 Å². The number of fused-ring (bicyclic) bond motifs is 8. The molecule has 18 rings (SSSR count). The average Bonchev–Trinajstić information content (AvgIpc) is 1.53. The van der Waals surface area contributed by atoms with Gasteiger partial charge in [-0.15, -0.1) is 0 Å². The third kappa shape index (κ3) is 16.7. The number of benzene rings is 2. The number of hydrogen-bond acceptors (Lipinski definition) is 22. The van der Waals surface area contributed by atoms with Crippen LogP contribution in [-0.4, -0.2) is 205 Å². The van der Waals surface area contributed by atoms with Gasteiger partial charge in [-0.1, -0.05) is 74.1 Å². The lowest BCUT2D eigenvalue weighted by Gasteiger charge is -2.50. The van der Waals surface area contributed by atoms with E-state index in [1.807, 2.05) is 9.44 Å². The smallest absolute Gasteiger partial charge is 0.408 e. The van der Waals surface area contributed by atoms with E-state index in [4.69, 9.17) is 48.4 Å². The van der Waals surface area contributed by atoms with E-state index >= 15 is 32.8 Å². The lowest BCUT2D eigenvalue weighted by Crippen LogP contribution is -2.62. The van der Waals surface area contributed by atoms with Gasteiger partial charge in [0, 0.05) is 24.0 Å². The van der Waals surface area contributed by atoms with Crippen molar-refractivity contribution in [2.75, 3.05) is 27.3 Å². The molecule has 16 atom stereocenters. The van der Waals surface area contributed by atoms with Gasteiger partial charge < -0.3 is 59.5 Å². The Labute approximate surface area is 694 Å². The predicted octanol–water partition coefficient (Wildman–Crippen LogP) is 8.84. The zero-order chi connectivity index (χ0) is 85.4. The van der Waals surface area contributed by atoms with Gasteiger partial charge in [-0.25, -0.2) is 63.9 Å². The second-order valence-corrected chi connectivity index (χ2v) is 42.1. The summed E-state index contributed by atoms with van der Waals surface area (Å²) >= 11 is 0. The number of sulfonamides is 2. The molecule has 14 aliphatic rings. The Morgan fingerprint density at radius 2 is 0.992 bits per heavy atom. The van der Waals surface area contributed by atoms with Crippen LogP contribution in [0.5, 0.6) is 23.3 Å². The molecule has 0 radical (unpaired) electrons. The minimum atomic E-state index is -4.33. The zero-order valence-corrected chi connectivity index (χ0v) is 70.8. The number of carbonyl (C=O) groups excluding carboxylic acids is 8. The summed E-state index contributed by atoms with van der Waals surface area (Å²) in [6.07, 6.45) is -0.162. The summed E-state index contributed by atoms with van der Waals surface area (Å²) < 4.78 is 155. The Morgan fingerprint density at radius 3 is 1.43 bits per heavy atom. The molecule has 2 saturated heterocycles. The Balaban J connectivity index is 0.758. The Morgan fingerprint density at radius 1 is 0.550 bits per heavy atom. The molecular formula is C84H110F4N12O18S2. The average molecular weight is 1720 g/mol. The van der Waals surface area contributed by atoms with E-state index in [2.05, 4.69) is 21.3 Å². The second kappa shape index (κ2) is 32.2. The van der Waals surface area contributed by atoms with Gasteiger partial charge in [-0.05, 0) is 192 Å². The molecule has 0 unspecified atom stereocenters. The van der Waals surface area contributed by atoms with E-state index in [0.29, 0.717) is 101 Å². The molecule has 30 nitrogen and oxygen atoms in total. The minimum absolute atomic E-state index is 0.00111. The molecule has 0 spiro atoms. The molecule has 8 amide bonds. The van der Waals surface area contributed by atoms with Crippen molar-refractivity contribution in [1.29, 1.82) is 0 Å². The maximum Gasteiger partial charge on any atom is 0.408 e. The fourth-order valence-corrected chi connectivity index (χ4v) is 23.5. The quantitative estimate of drug-likeness (QED) is 0.0537. The summed E-state index contributed by atoms with van der Waals surface area (Å²) in [5.74, 6) is -10.0. The van der Waals surface area contributed by atoms with Crippen molar-refractivity contribution in [2.45, 2.75) is 279 Å². The zero-order valence-electron chi connectivity index (χ0n) is 69.1. The molecule has 2 aromatic carbocycles. The van der Waals surface area contributed by atoms with Crippen LogP contribution in [0.3, 0.4) is 0 Å². The first-order chi connectivity index (χ1) is 56.9. The number of nitrogens with one attached hydrogen (secondary N) is 6. The van der Waals surface area contributed by atoms with E-state index in [0.717, 1.165) is 57.8 Å². The van der Waals surface area contributed by atoms with Crippen molar-refractivity contribution in [3.05, 3.63) is 47.3 Å². The first kappa shape index (κ1) is 84.9. The normalized spacial score (nSPS) is 33.6. The van der Waals surface area contributed by atoms with Crippen molar-refractivity contribution in [2.24, 2.45) is 70.0 Å². The maximum absolute atomic E-state index is 16.6. The molecule has 6 heterocycles. The molecule has 4 aromatic rings. The van der Waals surface area contributed by atoms with Gasteiger partial charge >= 0.3 is 12.2 Å². The minimum Gasteiger partial charge on any atom is -0.497 e. The number of rotatable bonds is 17. The van der Waals surface area contributed by atoms with Crippen molar-refractivity contribution in [3.8, 4) is 23.3 Å². The van der Waals surface area contributed by atoms with Crippen LogP contribution in [0.2, 0.25) is 0 Å². The molecule has 10 aliphatic carbocycles. The highest BCUT2D eigenvalue weighted by atomic mass is 32.2. The first-order valence-electron chi connectivity index (χ1n) is 42.8. The van der Waals surface area contributed by atoms with Gasteiger partial charge in [0.25, 0.3) is 11.8 Å². The molecule has 36 heteroatoms. The van der Waals surface area contributed by atoms with E-state index in [1.165, 1.54) is 24.0 Å². The van der Waals surface area contributed by atoms with Crippen LogP contribution in [0.15, 0.2) is 30.3 Å². The lowest BCUT2D eigenvalue weighted by atomic mass is 9.58. The van der Waals surface area contributed by atoms with Crippen LogP contribution >= 0.6 is 0 Å². The molecule has 120 heavy (non-hydrogen) atoms. The van der Waals surface area contributed by atoms with Crippen LogP contribution in [-0.2, 0) is 77.5 Å². The first-order valence-corrected chi connectivity index (χ1v) is 45.9. The van der Waals surface area contributed by atoms with E-state index in [1.54, 1.807) is 78.8 Å². The van der Waals surface area contributed by atoms with Crippen LogP contribution in [0.25, 0.3) is 22.1 Å². The number of ether oxygens (including phenoxy) is 6. The Bertz CT molecular complexity index is 4970. The fraction of sp³-hybridized carbons (Fsp3) is 0.714. The van der Waals surface area contributed by atoms with Gasteiger partial charge in [-0.3, -0.25) is 38.2 Å². The van der Waals surface area contributed by atoms with Crippen molar-refractivity contribution in [1.82, 2.24) is 60.4 Å². The van der Waals surface area contributed by atoms with Gasteiger partial charge in [0.1, 0.15) is 82.5 Å². The molecular weight excluding hydrogens is 1610 g/mol. The van der Waals surface area contributed by atoms with Crippen LogP contribution < -0.4 is 49.7 Å².